The lowest BCUT2D eigenvalue weighted by Crippen LogP contribution is -2.49. The van der Waals surface area contributed by atoms with Gasteiger partial charge in [-0.15, -0.1) is 0 Å². The van der Waals surface area contributed by atoms with Crippen molar-refractivity contribution in [1.82, 2.24) is 10.6 Å². The van der Waals surface area contributed by atoms with Crippen LogP contribution in [0.15, 0.2) is 78.9 Å². The summed E-state index contributed by atoms with van der Waals surface area (Å²) in [6.45, 7) is -0.328. The number of amides is 3. The molecule has 0 radical (unpaired) electrons. The molecule has 7 N–H and O–H groups in total. The van der Waals surface area contributed by atoms with Crippen molar-refractivity contribution in [3.05, 3.63) is 95.6 Å². The minimum atomic E-state index is -0.924. The van der Waals surface area contributed by atoms with Crippen LogP contribution in [0.4, 0.5) is 0 Å². The van der Waals surface area contributed by atoms with E-state index in [1.54, 1.807) is 12.1 Å². The normalized spacial score (nSPS) is 11.3. The third kappa shape index (κ3) is 6.51. The predicted octanol–water partition coefficient (Wildman–Crippen LogP) is 1.58. The summed E-state index contributed by atoms with van der Waals surface area (Å²) in [4.78, 5) is 36.5. The number of carbonyl (C=O) groups is 3. The summed E-state index contributed by atoms with van der Waals surface area (Å²) in [5.41, 5.74) is 14.3. The van der Waals surface area contributed by atoms with Gasteiger partial charge in [0.25, 0.3) is 5.91 Å². The van der Waals surface area contributed by atoms with Crippen molar-refractivity contribution in [2.24, 2.45) is 11.5 Å². The molecule has 3 rings (SSSR count). The first-order valence-electron chi connectivity index (χ1n) is 10.3. The smallest absolute Gasteiger partial charge is 0.251 e. The summed E-state index contributed by atoms with van der Waals surface area (Å²) in [6, 6.07) is 22.8. The van der Waals surface area contributed by atoms with E-state index in [-0.39, 0.29) is 18.8 Å². The molecule has 0 aliphatic heterocycles. The fraction of sp³-hybridized carbons (Fsp3) is 0.120. The SMILES string of the molecule is N=C(N)c1ccc(C(=O)NC(Cc2ccc(-c3ccccc3)cc2)C(=O)NCC(N)=O)cc1. The summed E-state index contributed by atoms with van der Waals surface area (Å²) in [5.74, 6) is -1.77. The fourth-order valence-corrected chi connectivity index (χ4v) is 3.25. The van der Waals surface area contributed by atoms with Gasteiger partial charge in [0.15, 0.2) is 0 Å². The molecule has 1 unspecified atom stereocenters. The van der Waals surface area contributed by atoms with E-state index >= 15 is 0 Å². The second-order valence-corrected chi connectivity index (χ2v) is 7.47. The number of hydrogen-bond donors (Lipinski definition) is 5. The zero-order valence-electron chi connectivity index (χ0n) is 17.9. The Morgan fingerprint density at radius 1 is 0.788 bits per heavy atom. The Bertz CT molecular complexity index is 1140. The van der Waals surface area contributed by atoms with Gasteiger partial charge >= 0.3 is 0 Å². The van der Waals surface area contributed by atoms with Crippen LogP contribution >= 0.6 is 0 Å². The van der Waals surface area contributed by atoms with Gasteiger partial charge in [-0.2, -0.15) is 0 Å². The molecule has 0 spiro atoms. The van der Waals surface area contributed by atoms with Crippen LogP contribution in [-0.4, -0.2) is 36.1 Å². The monoisotopic (exact) mass is 443 g/mol. The van der Waals surface area contributed by atoms with Gasteiger partial charge in [0, 0.05) is 17.5 Å². The molecule has 8 nitrogen and oxygen atoms in total. The Hall–Kier alpha value is -4.46. The van der Waals surface area contributed by atoms with Crippen LogP contribution in [0, 0.1) is 5.41 Å². The quantitative estimate of drug-likeness (QED) is 0.252. The molecule has 0 aliphatic carbocycles. The number of nitrogen functional groups attached to an aromatic ring is 1. The summed E-state index contributed by atoms with van der Waals surface area (Å²) >= 11 is 0. The first-order valence-corrected chi connectivity index (χ1v) is 10.3. The molecule has 33 heavy (non-hydrogen) atoms. The molecule has 0 saturated carbocycles. The Balaban J connectivity index is 1.76. The van der Waals surface area contributed by atoms with Crippen molar-refractivity contribution in [3.8, 4) is 11.1 Å². The Labute approximate surface area is 191 Å². The number of benzene rings is 3. The molecule has 168 valence electrons. The Morgan fingerprint density at radius 2 is 1.36 bits per heavy atom. The fourth-order valence-electron chi connectivity index (χ4n) is 3.25. The zero-order chi connectivity index (χ0) is 23.8. The summed E-state index contributed by atoms with van der Waals surface area (Å²) in [5, 5.41) is 12.6. The number of nitrogens with two attached hydrogens (primary N) is 2. The summed E-state index contributed by atoms with van der Waals surface area (Å²) < 4.78 is 0. The molecule has 0 heterocycles. The van der Waals surface area contributed by atoms with E-state index in [1.807, 2.05) is 54.6 Å². The van der Waals surface area contributed by atoms with Gasteiger partial charge < -0.3 is 22.1 Å². The highest BCUT2D eigenvalue weighted by Gasteiger charge is 2.22. The maximum Gasteiger partial charge on any atom is 0.251 e. The number of nitrogens with one attached hydrogen (secondary N) is 3. The molecule has 0 saturated heterocycles. The van der Waals surface area contributed by atoms with Crippen LogP contribution in [0.25, 0.3) is 11.1 Å². The largest absolute Gasteiger partial charge is 0.384 e. The number of amidine groups is 1. The van der Waals surface area contributed by atoms with Crippen molar-refractivity contribution in [3.63, 3.8) is 0 Å². The highest BCUT2D eigenvalue weighted by molar-refractivity contribution is 6.00. The molecule has 0 aliphatic rings. The lowest BCUT2D eigenvalue weighted by atomic mass is 10.00. The van der Waals surface area contributed by atoms with E-state index in [1.165, 1.54) is 12.1 Å². The molecule has 0 fully saturated rings. The highest BCUT2D eigenvalue weighted by atomic mass is 16.2. The van der Waals surface area contributed by atoms with Crippen LogP contribution in [0.2, 0.25) is 0 Å². The molecule has 3 aromatic carbocycles. The first kappa shape index (κ1) is 23.2. The molecule has 3 aromatic rings. The molecule has 3 amide bonds. The van der Waals surface area contributed by atoms with Gasteiger partial charge in [0.05, 0.1) is 6.54 Å². The van der Waals surface area contributed by atoms with E-state index in [9.17, 15) is 14.4 Å². The van der Waals surface area contributed by atoms with Gasteiger partial charge in [-0.05, 0) is 28.8 Å². The molecule has 1 atom stereocenters. The number of carbonyl (C=O) groups excluding carboxylic acids is 3. The van der Waals surface area contributed by atoms with Gasteiger partial charge in [-0.1, -0.05) is 66.7 Å². The average molecular weight is 444 g/mol. The lowest BCUT2D eigenvalue weighted by Gasteiger charge is -2.19. The van der Waals surface area contributed by atoms with Crippen LogP contribution in [-0.2, 0) is 16.0 Å². The second kappa shape index (κ2) is 10.7. The Morgan fingerprint density at radius 3 is 1.94 bits per heavy atom. The van der Waals surface area contributed by atoms with Crippen molar-refractivity contribution >= 4 is 23.6 Å². The summed E-state index contributed by atoms with van der Waals surface area (Å²) in [7, 11) is 0. The van der Waals surface area contributed by atoms with E-state index in [0.717, 1.165) is 16.7 Å². The molecular weight excluding hydrogens is 418 g/mol. The number of hydrogen-bond acceptors (Lipinski definition) is 4. The first-order chi connectivity index (χ1) is 15.8. The number of primary amides is 1. The predicted molar refractivity (Wildman–Crippen MR) is 126 cm³/mol. The minimum absolute atomic E-state index is 0.107. The summed E-state index contributed by atoms with van der Waals surface area (Å²) in [6.07, 6.45) is 0.219. The third-order valence-electron chi connectivity index (χ3n) is 5.02. The van der Waals surface area contributed by atoms with Crippen LogP contribution < -0.4 is 22.1 Å². The molecule has 0 bridgehead atoms. The highest BCUT2D eigenvalue weighted by Crippen LogP contribution is 2.20. The van der Waals surface area contributed by atoms with Crippen molar-refractivity contribution in [2.75, 3.05) is 6.54 Å². The van der Waals surface area contributed by atoms with Crippen molar-refractivity contribution in [1.29, 1.82) is 5.41 Å². The average Bonchev–Trinajstić information content (AvgIpc) is 2.83. The third-order valence-corrected chi connectivity index (χ3v) is 5.02. The van der Waals surface area contributed by atoms with E-state index in [4.69, 9.17) is 16.9 Å². The zero-order valence-corrected chi connectivity index (χ0v) is 17.9. The van der Waals surface area contributed by atoms with E-state index in [2.05, 4.69) is 10.6 Å². The number of rotatable bonds is 9. The topological polar surface area (TPSA) is 151 Å². The molecule has 0 aromatic heterocycles. The van der Waals surface area contributed by atoms with Crippen LogP contribution in [0.5, 0.6) is 0 Å². The van der Waals surface area contributed by atoms with Gasteiger partial charge in [0.1, 0.15) is 11.9 Å². The Kier molecular flexibility index (Phi) is 7.54. The lowest BCUT2D eigenvalue weighted by molar-refractivity contribution is -0.126. The minimum Gasteiger partial charge on any atom is -0.384 e. The second-order valence-electron chi connectivity index (χ2n) is 7.47. The van der Waals surface area contributed by atoms with Crippen LogP contribution in [0.1, 0.15) is 21.5 Å². The van der Waals surface area contributed by atoms with Crippen molar-refractivity contribution in [2.45, 2.75) is 12.5 Å². The van der Waals surface area contributed by atoms with Gasteiger partial charge in [-0.25, -0.2) is 0 Å². The maximum atomic E-state index is 12.7. The van der Waals surface area contributed by atoms with Gasteiger partial charge in [0.2, 0.25) is 11.8 Å². The molecule has 8 heteroatoms. The van der Waals surface area contributed by atoms with Crippen LogP contribution in [0.3, 0.4) is 0 Å². The van der Waals surface area contributed by atoms with E-state index < -0.39 is 23.8 Å². The van der Waals surface area contributed by atoms with E-state index in [0.29, 0.717) is 11.1 Å². The standard InChI is InChI=1S/C25H25N5O3/c26-22(31)15-29-25(33)21(30-24(32)20-12-10-19(11-13-20)23(27)28)14-16-6-8-18(9-7-16)17-4-2-1-3-5-17/h1-13,21H,14-15H2,(H2,26,31)(H3,27,28)(H,29,33)(H,30,32). The maximum absolute atomic E-state index is 12.7. The van der Waals surface area contributed by atoms with Crippen molar-refractivity contribution < 1.29 is 14.4 Å². The molecular formula is C25H25N5O3. The van der Waals surface area contributed by atoms with Gasteiger partial charge in [-0.3, -0.25) is 19.8 Å².